The van der Waals surface area contributed by atoms with Gasteiger partial charge in [0.2, 0.25) is 0 Å². The van der Waals surface area contributed by atoms with E-state index in [1.54, 1.807) is 6.26 Å². The fourth-order valence-corrected chi connectivity index (χ4v) is 4.15. The van der Waals surface area contributed by atoms with E-state index in [1.807, 2.05) is 41.3 Å². The van der Waals surface area contributed by atoms with E-state index in [1.165, 1.54) is 11.4 Å². The van der Waals surface area contributed by atoms with Crippen molar-refractivity contribution in [1.82, 2.24) is 9.47 Å². The van der Waals surface area contributed by atoms with Crippen molar-refractivity contribution < 1.29 is 9.21 Å². The zero-order valence-electron chi connectivity index (χ0n) is 16.2. The normalized spacial score (nSPS) is 16.6. The second-order valence-corrected chi connectivity index (χ2v) is 7.40. The largest absolute Gasteiger partial charge is 0.467 e. The molecule has 1 atom stereocenters. The smallest absolute Gasteiger partial charge is 0.258 e. The van der Waals surface area contributed by atoms with Crippen LogP contribution < -0.4 is 5.32 Å². The maximum Gasteiger partial charge on any atom is 0.258 e. The SMILES string of the molecule is Cc1cc([C@H]2Nc3ccccc3C(=O)N2Cc2ccco2)c(C)n1C(C)C. The predicted molar refractivity (Wildman–Crippen MR) is 106 cm³/mol. The molecular formula is C22H25N3O2. The Bertz CT molecular complexity index is 970. The van der Waals surface area contributed by atoms with Crippen LogP contribution in [0.25, 0.3) is 0 Å². The number of carbonyl (C=O) groups excluding carboxylic acids is 1. The highest BCUT2D eigenvalue weighted by Crippen LogP contribution is 2.37. The molecule has 0 aliphatic carbocycles. The van der Waals surface area contributed by atoms with E-state index in [-0.39, 0.29) is 12.1 Å². The summed E-state index contributed by atoms with van der Waals surface area (Å²) in [4.78, 5) is 15.2. The average molecular weight is 363 g/mol. The summed E-state index contributed by atoms with van der Waals surface area (Å²) < 4.78 is 7.84. The summed E-state index contributed by atoms with van der Waals surface area (Å²) in [5.41, 5.74) is 5.06. The van der Waals surface area contributed by atoms with Gasteiger partial charge < -0.3 is 19.2 Å². The number of anilines is 1. The maximum atomic E-state index is 13.3. The predicted octanol–water partition coefficient (Wildman–Crippen LogP) is 5.05. The van der Waals surface area contributed by atoms with Crippen LogP contribution in [0.3, 0.4) is 0 Å². The first-order valence-corrected chi connectivity index (χ1v) is 9.34. The van der Waals surface area contributed by atoms with Crippen LogP contribution in [0.2, 0.25) is 0 Å². The number of benzene rings is 1. The minimum Gasteiger partial charge on any atom is -0.467 e. The van der Waals surface area contributed by atoms with E-state index in [0.717, 1.165) is 17.0 Å². The van der Waals surface area contributed by atoms with Crippen molar-refractivity contribution >= 4 is 11.6 Å². The third kappa shape index (κ3) is 2.93. The lowest BCUT2D eigenvalue weighted by Crippen LogP contribution is -2.42. The molecule has 0 saturated carbocycles. The first-order chi connectivity index (χ1) is 13.0. The minimum atomic E-state index is -0.240. The minimum absolute atomic E-state index is 0.0140. The van der Waals surface area contributed by atoms with Gasteiger partial charge in [0.15, 0.2) is 0 Å². The number of carbonyl (C=O) groups is 1. The molecule has 140 valence electrons. The highest BCUT2D eigenvalue weighted by molar-refractivity contribution is 6.01. The first-order valence-electron chi connectivity index (χ1n) is 9.34. The molecule has 2 aromatic heterocycles. The number of furan rings is 1. The summed E-state index contributed by atoms with van der Waals surface area (Å²) in [6.07, 6.45) is 1.40. The van der Waals surface area contributed by atoms with E-state index in [2.05, 4.69) is 43.6 Å². The van der Waals surface area contributed by atoms with Crippen molar-refractivity contribution in [2.45, 2.75) is 46.4 Å². The number of nitrogens with one attached hydrogen (secondary N) is 1. The third-order valence-electron chi connectivity index (χ3n) is 5.26. The van der Waals surface area contributed by atoms with Crippen LogP contribution in [0, 0.1) is 13.8 Å². The Hall–Kier alpha value is -2.95. The summed E-state index contributed by atoms with van der Waals surface area (Å²) in [6.45, 7) is 9.02. The van der Waals surface area contributed by atoms with Gasteiger partial charge in [-0.2, -0.15) is 0 Å². The number of aryl methyl sites for hydroxylation is 1. The molecule has 0 fully saturated rings. The molecule has 1 aliphatic rings. The molecule has 0 spiro atoms. The summed E-state index contributed by atoms with van der Waals surface area (Å²) in [5, 5.41) is 3.58. The number of amides is 1. The molecule has 1 amide bonds. The summed E-state index contributed by atoms with van der Waals surface area (Å²) in [5.74, 6) is 0.785. The van der Waals surface area contributed by atoms with Crippen LogP contribution in [0.4, 0.5) is 5.69 Å². The van der Waals surface area contributed by atoms with Gasteiger partial charge in [-0.25, -0.2) is 0 Å². The number of aromatic nitrogens is 1. The quantitative estimate of drug-likeness (QED) is 0.706. The van der Waals surface area contributed by atoms with Crippen molar-refractivity contribution in [3.05, 3.63) is 77.0 Å². The fraction of sp³-hybridized carbons (Fsp3) is 0.318. The molecule has 27 heavy (non-hydrogen) atoms. The standard InChI is InChI=1S/C22H25N3O2/c1-14(2)25-15(3)12-19(16(25)4)21-23-20-10-6-5-9-18(20)22(26)24(21)13-17-8-7-11-27-17/h5-12,14,21,23H,13H2,1-4H3/t21-/m0/s1. The fourth-order valence-electron chi connectivity index (χ4n) is 4.15. The van der Waals surface area contributed by atoms with Crippen molar-refractivity contribution in [2.24, 2.45) is 0 Å². The van der Waals surface area contributed by atoms with Gasteiger partial charge in [0.25, 0.3) is 5.91 Å². The Morgan fingerprint density at radius 3 is 2.59 bits per heavy atom. The van der Waals surface area contributed by atoms with Crippen molar-refractivity contribution in [3.63, 3.8) is 0 Å². The van der Waals surface area contributed by atoms with Crippen LogP contribution in [-0.4, -0.2) is 15.4 Å². The van der Waals surface area contributed by atoms with Gasteiger partial charge in [0.1, 0.15) is 11.9 Å². The first kappa shape index (κ1) is 17.5. The van der Waals surface area contributed by atoms with E-state index < -0.39 is 0 Å². The molecule has 0 bridgehead atoms. The zero-order chi connectivity index (χ0) is 19.1. The molecule has 1 aromatic carbocycles. The molecule has 3 aromatic rings. The van der Waals surface area contributed by atoms with Gasteiger partial charge >= 0.3 is 0 Å². The van der Waals surface area contributed by atoms with Crippen molar-refractivity contribution in [1.29, 1.82) is 0 Å². The summed E-state index contributed by atoms with van der Waals surface area (Å²) in [7, 11) is 0. The van der Waals surface area contributed by atoms with Gasteiger partial charge in [-0.3, -0.25) is 4.79 Å². The highest BCUT2D eigenvalue weighted by atomic mass is 16.3. The molecule has 3 heterocycles. The second kappa shape index (κ2) is 6.65. The Labute approximate surface area is 159 Å². The van der Waals surface area contributed by atoms with E-state index >= 15 is 0 Å². The number of rotatable bonds is 4. The Balaban J connectivity index is 1.81. The monoisotopic (exact) mass is 363 g/mol. The maximum absolute atomic E-state index is 13.3. The van der Waals surface area contributed by atoms with Crippen molar-refractivity contribution in [3.8, 4) is 0 Å². The molecular weight excluding hydrogens is 338 g/mol. The summed E-state index contributed by atoms with van der Waals surface area (Å²) in [6, 6.07) is 14.0. The van der Waals surface area contributed by atoms with Gasteiger partial charge in [-0.05, 0) is 58.0 Å². The molecule has 1 aliphatic heterocycles. The third-order valence-corrected chi connectivity index (χ3v) is 5.26. The average Bonchev–Trinajstić information content (AvgIpc) is 3.25. The highest BCUT2D eigenvalue weighted by Gasteiger charge is 2.35. The van der Waals surface area contributed by atoms with E-state index in [0.29, 0.717) is 18.2 Å². The number of fused-ring (bicyclic) bond motifs is 1. The van der Waals surface area contributed by atoms with Crippen LogP contribution in [0.15, 0.2) is 53.1 Å². The number of para-hydroxylation sites is 1. The van der Waals surface area contributed by atoms with Gasteiger partial charge in [0, 0.05) is 28.7 Å². The molecule has 0 unspecified atom stereocenters. The lowest BCUT2D eigenvalue weighted by Gasteiger charge is -2.37. The lowest BCUT2D eigenvalue weighted by atomic mass is 10.0. The van der Waals surface area contributed by atoms with Crippen LogP contribution in [0.5, 0.6) is 0 Å². The molecule has 0 saturated heterocycles. The molecule has 0 radical (unpaired) electrons. The van der Waals surface area contributed by atoms with Gasteiger partial charge in [-0.1, -0.05) is 12.1 Å². The van der Waals surface area contributed by atoms with E-state index in [4.69, 9.17) is 4.42 Å². The Kier molecular flexibility index (Phi) is 4.30. The van der Waals surface area contributed by atoms with Crippen LogP contribution in [0.1, 0.15) is 59.1 Å². The van der Waals surface area contributed by atoms with Crippen LogP contribution in [-0.2, 0) is 6.54 Å². The van der Waals surface area contributed by atoms with E-state index in [9.17, 15) is 4.79 Å². The Morgan fingerprint density at radius 2 is 1.93 bits per heavy atom. The molecule has 5 heteroatoms. The number of hydrogen-bond donors (Lipinski definition) is 1. The second-order valence-electron chi connectivity index (χ2n) is 7.40. The van der Waals surface area contributed by atoms with Gasteiger partial charge in [-0.15, -0.1) is 0 Å². The zero-order valence-corrected chi connectivity index (χ0v) is 16.2. The number of hydrogen-bond acceptors (Lipinski definition) is 3. The molecule has 1 N–H and O–H groups in total. The number of nitrogens with zero attached hydrogens (tertiary/aromatic N) is 2. The summed E-state index contributed by atoms with van der Waals surface area (Å²) >= 11 is 0. The topological polar surface area (TPSA) is 50.4 Å². The molecule has 4 rings (SSSR count). The Morgan fingerprint density at radius 1 is 1.15 bits per heavy atom. The van der Waals surface area contributed by atoms with Crippen LogP contribution >= 0.6 is 0 Å². The molecule has 5 nitrogen and oxygen atoms in total. The van der Waals surface area contributed by atoms with Crippen molar-refractivity contribution in [2.75, 3.05) is 5.32 Å². The van der Waals surface area contributed by atoms with Gasteiger partial charge in [0.05, 0.1) is 18.4 Å². The lowest BCUT2D eigenvalue weighted by molar-refractivity contribution is 0.0651.